The molecular weight excluding hydrogens is 586 g/mol. The summed E-state index contributed by atoms with van der Waals surface area (Å²) < 4.78 is 0. The van der Waals surface area contributed by atoms with Gasteiger partial charge in [-0.2, -0.15) is 0 Å². The first-order chi connectivity index (χ1) is 21.5. The lowest BCUT2D eigenvalue weighted by molar-refractivity contribution is -0.153. The van der Waals surface area contributed by atoms with Crippen molar-refractivity contribution < 1.29 is 19.5 Å². The maximum Gasteiger partial charge on any atom is 0.310 e. The van der Waals surface area contributed by atoms with Crippen molar-refractivity contribution in [3.05, 3.63) is 64.1 Å². The Morgan fingerprint density at radius 2 is 1.64 bits per heavy atom. The molecule has 3 unspecified atom stereocenters. The van der Waals surface area contributed by atoms with E-state index in [1.807, 2.05) is 42.7 Å². The molecule has 3 aliphatic rings. The van der Waals surface area contributed by atoms with Gasteiger partial charge in [0.15, 0.2) is 5.82 Å². The van der Waals surface area contributed by atoms with Gasteiger partial charge in [0.25, 0.3) is 5.91 Å². The summed E-state index contributed by atoms with van der Waals surface area (Å²) >= 11 is 1.42. The van der Waals surface area contributed by atoms with Crippen molar-refractivity contribution in [2.75, 3.05) is 31.1 Å². The van der Waals surface area contributed by atoms with Gasteiger partial charge in [-0.1, -0.05) is 64.3 Å². The summed E-state index contributed by atoms with van der Waals surface area (Å²) in [4.78, 5) is 53.0. The quantitative estimate of drug-likeness (QED) is 0.343. The van der Waals surface area contributed by atoms with E-state index in [4.69, 9.17) is 0 Å². The number of amides is 2. The van der Waals surface area contributed by atoms with Gasteiger partial charge < -0.3 is 20.2 Å². The second-order valence-electron chi connectivity index (χ2n) is 13.9. The molecule has 3 atom stereocenters. The summed E-state index contributed by atoms with van der Waals surface area (Å²) in [5.41, 5.74) is 2.75. The number of carbonyl (C=O) groups is 3. The van der Waals surface area contributed by atoms with E-state index >= 15 is 0 Å². The number of fused-ring (bicyclic) bond motifs is 1. The molecule has 0 radical (unpaired) electrons. The predicted molar refractivity (Wildman–Crippen MR) is 175 cm³/mol. The molecule has 238 valence electrons. The molecule has 1 saturated carbocycles. The second-order valence-corrected chi connectivity index (χ2v) is 15.0. The number of nitrogens with one attached hydrogen (secondary N) is 1. The number of rotatable bonds is 8. The zero-order valence-electron chi connectivity index (χ0n) is 26.4. The zero-order valence-corrected chi connectivity index (χ0v) is 27.2. The van der Waals surface area contributed by atoms with Crippen LogP contribution in [-0.4, -0.2) is 70.0 Å². The van der Waals surface area contributed by atoms with Gasteiger partial charge in [0.2, 0.25) is 5.91 Å². The van der Waals surface area contributed by atoms with Crippen molar-refractivity contribution in [2.24, 2.45) is 17.8 Å². The van der Waals surface area contributed by atoms with Gasteiger partial charge in [0.1, 0.15) is 6.04 Å². The Morgan fingerprint density at radius 1 is 0.956 bits per heavy atom. The minimum absolute atomic E-state index is 0.0835. The van der Waals surface area contributed by atoms with Crippen molar-refractivity contribution in [3.63, 3.8) is 0 Å². The number of likely N-dealkylation sites (tertiary alicyclic amines) is 1. The highest BCUT2D eigenvalue weighted by Crippen LogP contribution is 2.37. The molecule has 9 nitrogen and oxygen atoms in total. The highest BCUT2D eigenvalue weighted by Gasteiger charge is 2.39. The van der Waals surface area contributed by atoms with Gasteiger partial charge in [-0.25, -0.2) is 9.97 Å². The average molecular weight is 630 g/mol. The topological polar surface area (TPSA) is 116 Å². The van der Waals surface area contributed by atoms with Crippen molar-refractivity contribution in [1.29, 1.82) is 0 Å². The van der Waals surface area contributed by atoms with Crippen LogP contribution in [0.3, 0.4) is 0 Å². The maximum absolute atomic E-state index is 13.5. The molecular formula is C35H43N5O4S. The highest BCUT2D eigenvalue weighted by atomic mass is 32.1. The third-order valence-corrected chi connectivity index (χ3v) is 11.2. The molecule has 2 aromatic heterocycles. The van der Waals surface area contributed by atoms with E-state index in [0.717, 1.165) is 46.6 Å². The summed E-state index contributed by atoms with van der Waals surface area (Å²) in [5, 5.41) is 12.2. The van der Waals surface area contributed by atoms with Crippen molar-refractivity contribution in [3.8, 4) is 11.4 Å². The second kappa shape index (κ2) is 12.9. The van der Waals surface area contributed by atoms with Gasteiger partial charge in [-0.05, 0) is 47.8 Å². The van der Waals surface area contributed by atoms with Crippen LogP contribution in [0.4, 0.5) is 5.69 Å². The van der Waals surface area contributed by atoms with Crippen LogP contribution in [0.2, 0.25) is 0 Å². The van der Waals surface area contributed by atoms with Gasteiger partial charge >= 0.3 is 5.97 Å². The number of carbonyl (C=O) groups excluding carboxylic acids is 2. The summed E-state index contributed by atoms with van der Waals surface area (Å²) in [6.07, 6.45) is 10.8. The van der Waals surface area contributed by atoms with E-state index in [-0.39, 0.29) is 36.7 Å². The van der Waals surface area contributed by atoms with Crippen LogP contribution in [0.5, 0.6) is 0 Å². The molecule has 1 aromatic carbocycles. The fourth-order valence-corrected chi connectivity index (χ4v) is 7.79. The van der Waals surface area contributed by atoms with E-state index < -0.39 is 17.9 Å². The third kappa shape index (κ3) is 7.06. The summed E-state index contributed by atoms with van der Waals surface area (Å²) in [7, 11) is 0. The van der Waals surface area contributed by atoms with Gasteiger partial charge in [-0.3, -0.25) is 14.4 Å². The number of aromatic nitrogens is 2. The number of hydrogen-bond donors (Lipinski definition) is 2. The van der Waals surface area contributed by atoms with E-state index in [1.54, 1.807) is 6.07 Å². The number of benzene rings is 1. The zero-order chi connectivity index (χ0) is 31.7. The monoisotopic (exact) mass is 629 g/mol. The number of anilines is 1. The van der Waals surface area contributed by atoms with Crippen LogP contribution in [0.1, 0.15) is 73.0 Å². The Labute approximate surface area is 269 Å². The molecule has 0 bridgehead atoms. The number of carboxylic acids is 1. The Hall–Kier alpha value is -3.79. The summed E-state index contributed by atoms with van der Waals surface area (Å²) in [6.45, 7) is 8.75. The van der Waals surface area contributed by atoms with Gasteiger partial charge in [-0.15, -0.1) is 11.3 Å². The van der Waals surface area contributed by atoms with Crippen LogP contribution in [-0.2, 0) is 21.4 Å². The van der Waals surface area contributed by atoms with E-state index in [9.17, 15) is 19.5 Å². The fraction of sp³-hybridized carbons (Fsp3) is 0.514. The lowest BCUT2D eigenvalue weighted by atomic mass is 9.75. The molecule has 0 spiro atoms. The van der Waals surface area contributed by atoms with E-state index in [1.165, 1.54) is 48.3 Å². The molecule has 4 heterocycles. The van der Waals surface area contributed by atoms with Gasteiger partial charge in [0, 0.05) is 43.0 Å². The standard InChI is InChI=1S/C35H43N5O4S/c1-35(2,3)30-13-12-29(45-30)32(41)38-28(33(42)40-20-26(21-40)34(43)44)16-22-8-10-24(11-9-22)31-36-17-27(18-37-31)39-15-14-23-6-4-5-7-25(23)19-39/h8-13,17-18,23,25-26,28H,4-7,14-16,19-21H2,1-3H3,(H,38,41)(H,43,44). The van der Waals surface area contributed by atoms with Gasteiger partial charge in [0.05, 0.1) is 28.9 Å². The van der Waals surface area contributed by atoms with Crippen LogP contribution >= 0.6 is 11.3 Å². The first kappa shape index (κ1) is 31.2. The number of thiophene rings is 1. The molecule has 2 saturated heterocycles. The van der Waals surface area contributed by atoms with Crippen molar-refractivity contribution in [2.45, 2.75) is 70.8 Å². The Balaban J connectivity index is 1.12. The predicted octanol–water partition coefficient (Wildman–Crippen LogP) is 5.40. The average Bonchev–Trinajstić information content (AvgIpc) is 3.52. The summed E-state index contributed by atoms with van der Waals surface area (Å²) in [5.74, 6) is 0.254. The van der Waals surface area contributed by atoms with E-state index in [2.05, 4.69) is 41.0 Å². The van der Waals surface area contributed by atoms with Crippen LogP contribution in [0.15, 0.2) is 48.8 Å². The molecule has 6 rings (SSSR count). The highest BCUT2D eigenvalue weighted by molar-refractivity contribution is 7.14. The Kier molecular flexibility index (Phi) is 8.95. The van der Waals surface area contributed by atoms with E-state index in [0.29, 0.717) is 10.7 Å². The number of nitrogens with zero attached hydrogens (tertiary/aromatic N) is 4. The molecule has 3 aromatic rings. The maximum atomic E-state index is 13.5. The first-order valence-corrected chi connectivity index (χ1v) is 17.0. The van der Waals surface area contributed by atoms with Crippen LogP contribution in [0, 0.1) is 17.8 Å². The Morgan fingerprint density at radius 3 is 2.29 bits per heavy atom. The molecule has 2 aliphatic heterocycles. The minimum atomic E-state index is -0.910. The number of piperidine rings is 1. The van der Waals surface area contributed by atoms with Crippen LogP contribution < -0.4 is 10.2 Å². The Bertz CT molecular complexity index is 1520. The number of carboxylic acid groups (broad SMARTS) is 1. The van der Waals surface area contributed by atoms with Crippen molar-refractivity contribution >= 4 is 34.8 Å². The molecule has 2 N–H and O–H groups in total. The fourth-order valence-electron chi connectivity index (χ4n) is 6.82. The third-order valence-electron chi connectivity index (χ3n) is 9.66. The SMILES string of the molecule is CC(C)(C)c1ccc(C(=O)NC(Cc2ccc(-c3ncc(N4CCC5CCCCC5C4)cn3)cc2)C(=O)N2CC(C(=O)O)C2)s1. The smallest absolute Gasteiger partial charge is 0.310 e. The number of aliphatic carboxylic acids is 1. The first-order valence-electron chi connectivity index (χ1n) is 16.1. The lowest BCUT2D eigenvalue weighted by Crippen LogP contribution is -2.59. The minimum Gasteiger partial charge on any atom is -0.481 e. The van der Waals surface area contributed by atoms with Crippen molar-refractivity contribution in [1.82, 2.24) is 20.2 Å². The molecule has 1 aliphatic carbocycles. The number of hydrogen-bond acceptors (Lipinski definition) is 7. The molecule has 45 heavy (non-hydrogen) atoms. The summed E-state index contributed by atoms with van der Waals surface area (Å²) in [6, 6.07) is 10.7. The largest absolute Gasteiger partial charge is 0.481 e. The van der Waals surface area contributed by atoms with Crippen LogP contribution in [0.25, 0.3) is 11.4 Å². The molecule has 3 fully saturated rings. The molecule has 2 amide bonds. The lowest BCUT2D eigenvalue weighted by Gasteiger charge is -2.42. The molecule has 10 heteroatoms. The normalized spacial score (nSPS) is 21.0.